The maximum Gasteiger partial charge on any atom is 0.251 e. The van der Waals surface area contributed by atoms with Crippen molar-refractivity contribution in [1.29, 1.82) is 0 Å². The molecule has 2 atom stereocenters. The highest BCUT2D eigenvalue weighted by Gasteiger charge is 2.50. The third-order valence-corrected chi connectivity index (χ3v) is 9.38. The van der Waals surface area contributed by atoms with Crippen LogP contribution in [0.4, 0.5) is 8.78 Å². The summed E-state index contributed by atoms with van der Waals surface area (Å²) in [6.07, 6.45) is 3.58. The van der Waals surface area contributed by atoms with Crippen LogP contribution in [0.5, 0.6) is 11.5 Å². The molecule has 0 spiro atoms. The molecule has 10 nitrogen and oxygen atoms in total. The average molecular weight is 638 g/mol. The number of carbonyl (C=O) groups is 2. The minimum atomic E-state index is -1.69. The van der Waals surface area contributed by atoms with E-state index in [9.17, 15) is 19.1 Å². The molecule has 0 saturated heterocycles. The van der Waals surface area contributed by atoms with E-state index in [1.54, 1.807) is 25.3 Å². The van der Waals surface area contributed by atoms with E-state index in [0.29, 0.717) is 47.9 Å². The van der Waals surface area contributed by atoms with Gasteiger partial charge in [0.2, 0.25) is 11.7 Å². The summed E-state index contributed by atoms with van der Waals surface area (Å²) in [5, 5.41) is 20.1. The molecule has 1 aliphatic heterocycles. The van der Waals surface area contributed by atoms with Crippen molar-refractivity contribution in [3.05, 3.63) is 70.3 Å². The summed E-state index contributed by atoms with van der Waals surface area (Å²) in [6, 6.07) is 8.63. The predicted octanol–water partition coefficient (Wildman–Crippen LogP) is 4.48. The normalized spacial score (nSPS) is 21.1. The number of carbonyl (C=O) groups excluding carboxylic acids is 2. The number of alkyl halides is 1. The highest BCUT2D eigenvalue weighted by Crippen LogP contribution is 2.50. The minimum Gasteiger partial charge on any atom is -0.494 e. The zero-order valence-corrected chi connectivity index (χ0v) is 25.3. The van der Waals surface area contributed by atoms with Crippen LogP contribution in [0.2, 0.25) is 5.02 Å². The summed E-state index contributed by atoms with van der Waals surface area (Å²) in [6.45, 7) is 1.27. The largest absolute Gasteiger partial charge is 0.494 e. The molecular formula is C32H30ClF2N5O5. The molecule has 2 aromatic heterocycles. The molecule has 13 heteroatoms. The first-order valence-electron chi connectivity index (χ1n) is 14.6. The number of nitrogens with one attached hydrogen (secondary N) is 1. The maximum atomic E-state index is 15.2. The number of amides is 2. The lowest BCUT2D eigenvalue weighted by Crippen LogP contribution is -2.44. The Hall–Kier alpha value is -4.29. The van der Waals surface area contributed by atoms with Crippen molar-refractivity contribution < 1.29 is 33.0 Å². The number of halogens is 3. The summed E-state index contributed by atoms with van der Waals surface area (Å²) in [5.74, 6) is -3.14. The van der Waals surface area contributed by atoms with E-state index in [1.807, 2.05) is 0 Å². The van der Waals surface area contributed by atoms with Crippen molar-refractivity contribution in [1.82, 2.24) is 20.1 Å². The first kappa shape index (κ1) is 29.4. The van der Waals surface area contributed by atoms with Crippen LogP contribution < -0.4 is 20.5 Å². The topological polar surface area (TPSA) is 142 Å². The first-order chi connectivity index (χ1) is 21.4. The van der Waals surface area contributed by atoms with Gasteiger partial charge in [0.05, 0.1) is 19.3 Å². The summed E-state index contributed by atoms with van der Waals surface area (Å²) in [5.41, 5.74) is 4.03. The smallest absolute Gasteiger partial charge is 0.251 e. The molecule has 4 aromatic rings. The number of aromatic nitrogens is 3. The monoisotopic (exact) mass is 637 g/mol. The Morgan fingerprint density at radius 1 is 1.27 bits per heavy atom. The van der Waals surface area contributed by atoms with Gasteiger partial charge in [0.1, 0.15) is 46.1 Å². The minimum absolute atomic E-state index is 0.0266. The molecular weight excluding hydrogens is 608 g/mol. The summed E-state index contributed by atoms with van der Waals surface area (Å²) < 4.78 is 42.4. The molecule has 3 aliphatic rings. The van der Waals surface area contributed by atoms with Crippen molar-refractivity contribution >= 4 is 34.3 Å². The van der Waals surface area contributed by atoms with E-state index >= 15 is 4.39 Å². The zero-order chi connectivity index (χ0) is 31.9. The van der Waals surface area contributed by atoms with E-state index in [0.717, 1.165) is 0 Å². The maximum absolute atomic E-state index is 15.2. The third-order valence-electron chi connectivity index (χ3n) is 9.14. The van der Waals surface area contributed by atoms with Crippen molar-refractivity contribution in [2.24, 2.45) is 11.7 Å². The summed E-state index contributed by atoms with van der Waals surface area (Å²) in [4.78, 5) is 30.8. The SMILES string of the molecule is COc1cc(C(=O)NCC(O)(c2cc3c(c(-c4cc(Cl)ccc4F)n2)OC[C@]3(C)C(N)=O)C2CC2)cc2cn(C3(F)CC3)nc12. The van der Waals surface area contributed by atoms with Crippen LogP contribution in [0.3, 0.4) is 0 Å². The van der Waals surface area contributed by atoms with Crippen molar-refractivity contribution in [2.45, 2.75) is 49.4 Å². The Morgan fingerprint density at radius 3 is 2.69 bits per heavy atom. The molecule has 1 unspecified atom stereocenters. The highest BCUT2D eigenvalue weighted by atomic mass is 35.5. The predicted molar refractivity (Wildman–Crippen MR) is 160 cm³/mol. The lowest BCUT2D eigenvalue weighted by atomic mass is 9.81. The highest BCUT2D eigenvalue weighted by molar-refractivity contribution is 6.30. The number of hydrogen-bond acceptors (Lipinski definition) is 7. The molecule has 234 valence electrons. The van der Waals surface area contributed by atoms with E-state index in [2.05, 4.69) is 15.4 Å². The number of primary amides is 1. The molecule has 7 rings (SSSR count). The van der Waals surface area contributed by atoms with Gasteiger partial charge >= 0.3 is 0 Å². The fraction of sp³-hybridized carbons (Fsp3) is 0.375. The Labute approximate surface area is 261 Å². The van der Waals surface area contributed by atoms with Crippen LogP contribution in [0.1, 0.15) is 54.2 Å². The number of nitrogens with zero attached hydrogens (tertiary/aromatic N) is 3. The lowest BCUT2D eigenvalue weighted by molar-refractivity contribution is -0.123. The average Bonchev–Trinajstić information content (AvgIpc) is 3.94. The van der Waals surface area contributed by atoms with Gasteiger partial charge in [-0.1, -0.05) is 11.6 Å². The van der Waals surface area contributed by atoms with Gasteiger partial charge in [-0.25, -0.2) is 18.4 Å². The van der Waals surface area contributed by atoms with E-state index in [1.165, 1.54) is 36.1 Å². The number of methoxy groups -OCH3 is 1. The number of hydrogen-bond donors (Lipinski definition) is 3. The van der Waals surface area contributed by atoms with Gasteiger partial charge in [-0.2, -0.15) is 5.10 Å². The lowest BCUT2D eigenvalue weighted by Gasteiger charge is -2.30. The standard InChI is InChI=1S/C32H30ClF2N5O5/c1-30(29(36)42)15-45-27-21(30)12-24(38-26(27)20-11-19(33)5-6-22(20)34)32(43,18-3-4-18)14-37-28(41)16-9-17-13-40(31(35)7-8-31)39-25(17)23(10-16)44-2/h5-6,9-13,18,43H,3-4,7-8,14-15H2,1-2H3,(H2,36,42)(H,37,41)/t30-,32?/m0/s1. The molecule has 4 N–H and O–H groups in total. The third kappa shape index (κ3) is 4.78. The van der Waals surface area contributed by atoms with Gasteiger partial charge in [-0.05, 0) is 62.1 Å². The molecule has 0 bridgehead atoms. The molecule has 45 heavy (non-hydrogen) atoms. The van der Waals surface area contributed by atoms with Gasteiger partial charge < -0.3 is 25.6 Å². The summed E-state index contributed by atoms with van der Waals surface area (Å²) >= 11 is 6.20. The molecule has 2 saturated carbocycles. The molecule has 2 amide bonds. The number of pyridine rings is 1. The van der Waals surface area contributed by atoms with Crippen molar-refractivity contribution in [2.75, 3.05) is 20.3 Å². The van der Waals surface area contributed by atoms with Crippen LogP contribution in [-0.4, -0.2) is 51.9 Å². The second-order valence-electron chi connectivity index (χ2n) is 12.3. The number of benzene rings is 2. The summed E-state index contributed by atoms with van der Waals surface area (Å²) in [7, 11) is 1.44. The Bertz CT molecular complexity index is 1910. The van der Waals surface area contributed by atoms with Gasteiger partial charge in [-0.15, -0.1) is 0 Å². The number of fused-ring (bicyclic) bond motifs is 2. The van der Waals surface area contributed by atoms with Gasteiger partial charge in [-0.3, -0.25) is 9.59 Å². The fourth-order valence-corrected chi connectivity index (χ4v) is 6.09. The molecule has 2 aromatic carbocycles. The number of aliphatic hydroxyl groups is 1. The van der Waals surface area contributed by atoms with Crippen LogP contribution in [0.15, 0.2) is 42.6 Å². The van der Waals surface area contributed by atoms with E-state index in [4.69, 9.17) is 26.8 Å². The quantitative estimate of drug-likeness (QED) is 0.246. The zero-order valence-electron chi connectivity index (χ0n) is 24.5. The molecule has 0 radical (unpaired) electrons. The second-order valence-corrected chi connectivity index (χ2v) is 12.8. The Morgan fingerprint density at radius 2 is 2.02 bits per heavy atom. The van der Waals surface area contributed by atoms with Crippen LogP contribution >= 0.6 is 11.6 Å². The molecule has 2 fully saturated rings. The number of nitrogens with two attached hydrogens (primary N) is 1. The second kappa shape index (κ2) is 10.1. The fourth-order valence-electron chi connectivity index (χ4n) is 5.92. The van der Waals surface area contributed by atoms with E-state index < -0.39 is 34.4 Å². The van der Waals surface area contributed by atoms with Gasteiger partial charge in [0.15, 0.2) is 0 Å². The number of ether oxygens (including phenoxy) is 2. The van der Waals surface area contributed by atoms with Crippen LogP contribution in [-0.2, 0) is 21.6 Å². The molecule has 3 heterocycles. The molecule has 2 aliphatic carbocycles. The van der Waals surface area contributed by atoms with Crippen molar-refractivity contribution in [3.8, 4) is 22.8 Å². The first-order valence-corrected chi connectivity index (χ1v) is 15.0. The van der Waals surface area contributed by atoms with Gasteiger partial charge in [0, 0.05) is 46.1 Å². The van der Waals surface area contributed by atoms with Crippen molar-refractivity contribution in [3.63, 3.8) is 0 Å². The Balaban J connectivity index is 1.26. The van der Waals surface area contributed by atoms with Crippen LogP contribution in [0.25, 0.3) is 22.2 Å². The number of rotatable bonds is 9. The van der Waals surface area contributed by atoms with Crippen LogP contribution in [0, 0.1) is 11.7 Å². The van der Waals surface area contributed by atoms with Gasteiger partial charge in [0.25, 0.3) is 5.91 Å². The Kier molecular flexibility index (Phi) is 6.61. The van der Waals surface area contributed by atoms with E-state index in [-0.39, 0.29) is 52.4 Å².